The van der Waals surface area contributed by atoms with Gasteiger partial charge in [-0.2, -0.15) is 0 Å². The highest BCUT2D eigenvalue weighted by Gasteiger charge is 2.60. The summed E-state index contributed by atoms with van der Waals surface area (Å²) in [5.41, 5.74) is -0.438. The number of hydrogen-bond acceptors (Lipinski definition) is 2. The van der Waals surface area contributed by atoms with Gasteiger partial charge in [-0.3, -0.25) is 0 Å². The van der Waals surface area contributed by atoms with Crippen molar-refractivity contribution in [3.63, 3.8) is 0 Å². The molecule has 1 saturated heterocycles. The number of rotatable bonds is 0. The third-order valence-electron chi connectivity index (χ3n) is 5.90. The third kappa shape index (κ3) is 1.60. The van der Waals surface area contributed by atoms with E-state index in [2.05, 4.69) is 20.8 Å². The Hall–Kier alpha value is -0.0800. The van der Waals surface area contributed by atoms with E-state index in [9.17, 15) is 5.11 Å². The van der Waals surface area contributed by atoms with Crippen LogP contribution in [0.3, 0.4) is 0 Å². The second-order valence-electron chi connectivity index (χ2n) is 7.43. The third-order valence-corrected chi connectivity index (χ3v) is 5.90. The summed E-state index contributed by atoms with van der Waals surface area (Å²) < 4.78 is 6.36. The Bertz CT molecular complexity index is 321. The fourth-order valence-electron chi connectivity index (χ4n) is 4.91. The van der Waals surface area contributed by atoms with Crippen molar-refractivity contribution in [2.45, 2.75) is 70.7 Å². The zero-order chi connectivity index (χ0) is 12.4. The average molecular weight is 238 g/mol. The molecule has 17 heavy (non-hydrogen) atoms. The van der Waals surface area contributed by atoms with E-state index in [1.165, 1.54) is 12.8 Å². The van der Waals surface area contributed by atoms with E-state index in [0.29, 0.717) is 29.8 Å². The summed E-state index contributed by atoms with van der Waals surface area (Å²) in [5.74, 6) is 2.37. The average Bonchev–Trinajstić information content (AvgIpc) is 2.48. The van der Waals surface area contributed by atoms with E-state index in [0.717, 1.165) is 12.8 Å². The highest BCUT2D eigenvalue weighted by Crippen LogP contribution is 2.58. The van der Waals surface area contributed by atoms with E-state index < -0.39 is 5.60 Å². The molecule has 0 amide bonds. The van der Waals surface area contributed by atoms with Gasteiger partial charge >= 0.3 is 0 Å². The first-order valence-corrected chi connectivity index (χ1v) is 7.23. The molecule has 0 aromatic rings. The van der Waals surface area contributed by atoms with Gasteiger partial charge in [0.05, 0.1) is 17.3 Å². The van der Waals surface area contributed by atoms with E-state index in [4.69, 9.17) is 4.74 Å². The Morgan fingerprint density at radius 1 is 1.06 bits per heavy atom. The molecule has 0 aromatic carbocycles. The minimum Gasteiger partial charge on any atom is -0.390 e. The summed E-state index contributed by atoms with van der Waals surface area (Å²) in [7, 11) is 0. The summed E-state index contributed by atoms with van der Waals surface area (Å²) in [5, 5.41) is 10.6. The van der Waals surface area contributed by atoms with Crippen molar-refractivity contribution in [3.05, 3.63) is 0 Å². The smallest absolute Gasteiger partial charge is 0.0662 e. The maximum absolute atomic E-state index is 10.6. The maximum Gasteiger partial charge on any atom is 0.0662 e. The molecule has 0 aromatic heterocycles. The zero-order valence-corrected chi connectivity index (χ0v) is 11.6. The van der Waals surface area contributed by atoms with Crippen molar-refractivity contribution in [1.82, 2.24) is 0 Å². The van der Waals surface area contributed by atoms with Gasteiger partial charge in [-0.15, -0.1) is 0 Å². The zero-order valence-electron chi connectivity index (χ0n) is 11.6. The van der Waals surface area contributed by atoms with Gasteiger partial charge in [-0.1, -0.05) is 6.92 Å². The molecule has 1 heterocycles. The Morgan fingerprint density at radius 2 is 1.76 bits per heavy atom. The highest BCUT2D eigenvalue weighted by atomic mass is 16.5. The SMILES string of the molecule is C[C@H]1CCC2C3[C@H]1OC(C)(C)[C@@H]3CC[C@@]2(C)O. The van der Waals surface area contributed by atoms with Crippen LogP contribution in [0.4, 0.5) is 0 Å². The van der Waals surface area contributed by atoms with Gasteiger partial charge in [0.25, 0.3) is 0 Å². The van der Waals surface area contributed by atoms with Gasteiger partial charge in [0.1, 0.15) is 0 Å². The maximum atomic E-state index is 10.6. The van der Waals surface area contributed by atoms with Gasteiger partial charge in [0.15, 0.2) is 0 Å². The van der Waals surface area contributed by atoms with Gasteiger partial charge in [-0.05, 0) is 70.1 Å². The largest absolute Gasteiger partial charge is 0.390 e. The lowest BCUT2D eigenvalue weighted by Gasteiger charge is -2.50. The van der Waals surface area contributed by atoms with Crippen LogP contribution in [0.15, 0.2) is 0 Å². The summed E-state index contributed by atoms with van der Waals surface area (Å²) >= 11 is 0. The molecule has 2 aliphatic carbocycles. The first kappa shape index (κ1) is 12.0. The first-order chi connectivity index (χ1) is 7.83. The van der Waals surface area contributed by atoms with Crippen molar-refractivity contribution >= 4 is 0 Å². The molecule has 6 atom stereocenters. The van der Waals surface area contributed by atoms with Crippen molar-refractivity contribution in [1.29, 1.82) is 0 Å². The number of ether oxygens (including phenoxy) is 1. The molecule has 2 saturated carbocycles. The van der Waals surface area contributed by atoms with Crippen LogP contribution in [0, 0.1) is 23.7 Å². The van der Waals surface area contributed by atoms with Gasteiger partial charge in [0.2, 0.25) is 0 Å². The Morgan fingerprint density at radius 3 is 2.47 bits per heavy atom. The molecule has 3 aliphatic rings. The standard InChI is InChI=1S/C15H26O2/c1-9-5-6-11-12-10(7-8-15(11,4)16)14(2,3)17-13(9)12/h9-13,16H,5-8H2,1-4H3/t9-,10+,11?,12?,13-,15+/m0/s1. The van der Waals surface area contributed by atoms with Gasteiger partial charge in [0, 0.05) is 0 Å². The lowest BCUT2D eigenvalue weighted by Crippen LogP contribution is -2.52. The van der Waals surface area contributed by atoms with Crippen LogP contribution in [0.25, 0.3) is 0 Å². The molecule has 0 spiro atoms. The molecule has 1 N–H and O–H groups in total. The monoisotopic (exact) mass is 238 g/mol. The molecule has 2 unspecified atom stereocenters. The number of hydrogen-bond donors (Lipinski definition) is 1. The van der Waals surface area contributed by atoms with Gasteiger partial charge < -0.3 is 9.84 Å². The Labute approximate surface area is 105 Å². The second-order valence-corrected chi connectivity index (χ2v) is 7.43. The van der Waals surface area contributed by atoms with Crippen molar-refractivity contribution in [2.75, 3.05) is 0 Å². The van der Waals surface area contributed by atoms with E-state index >= 15 is 0 Å². The van der Waals surface area contributed by atoms with Crippen molar-refractivity contribution in [3.8, 4) is 0 Å². The Balaban J connectivity index is 1.98. The van der Waals surface area contributed by atoms with Crippen LogP contribution in [0.5, 0.6) is 0 Å². The van der Waals surface area contributed by atoms with Crippen LogP contribution in [0.2, 0.25) is 0 Å². The first-order valence-electron chi connectivity index (χ1n) is 7.23. The summed E-state index contributed by atoms with van der Waals surface area (Å²) in [6, 6.07) is 0. The lowest BCUT2D eigenvalue weighted by molar-refractivity contribution is -0.111. The fourth-order valence-corrected chi connectivity index (χ4v) is 4.91. The lowest BCUT2D eigenvalue weighted by atomic mass is 9.56. The van der Waals surface area contributed by atoms with Crippen LogP contribution >= 0.6 is 0 Å². The molecule has 1 aliphatic heterocycles. The summed E-state index contributed by atoms with van der Waals surface area (Å²) in [4.78, 5) is 0. The summed E-state index contributed by atoms with van der Waals surface area (Å²) in [6.45, 7) is 8.87. The fraction of sp³-hybridized carbons (Fsp3) is 1.00. The van der Waals surface area contributed by atoms with E-state index in [-0.39, 0.29) is 5.60 Å². The van der Waals surface area contributed by atoms with Crippen molar-refractivity contribution in [2.24, 2.45) is 23.7 Å². The summed E-state index contributed by atoms with van der Waals surface area (Å²) in [6.07, 6.45) is 4.87. The minimum absolute atomic E-state index is 0.0166. The van der Waals surface area contributed by atoms with Crippen LogP contribution in [-0.4, -0.2) is 22.4 Å². The van der Waals surface area contributed by atoms with E-state index in [1.807, 2.05) is 6.92 Å². The predicted molar refractivity (Wildman–Crippen MR) is 67.7 cm³/mol. The van der Waals surface area contributed by atoms with Crippen LogP contribution < -0.4 is 0 Å². The second kappa shape index (κ2) is 3.48. The molecule has 2 nitrogen and oxygen atoms in total. The van der Waals surface area contributed by atoms with Crippen LogP contribution in [0.1, 0.15) is 53.4 Å². The van der Waals surface area contributed by atoms with E-state index in [1.54, 1.807) is 0 Å². The molecular formula is C15H26O2. The molecule has 98 valence electrons. The topological polar surface area (TPSA) is 29.5 Å². The van der Waals surface area contributed by atoms with Gasteiger partial charge in [-0.25, -0.2) is 0 Å². The molecule has 0 radical (unpaired) electrons. The predicted octanol–water partition coefficient (Wildman–Crippen LogP) is 2.99. The Kier molecular flexibility index (Phi) is 2.45. The molecule has 3 fully saturated rings. The van der Waals surface area contributed by atoms with Crippen molar-refractivity contribution < 1.29 is 9.84 Å². The molecular weight excluding hydrogens is 212 g/mol. The minimum atomic E-state index is -0.455. The molecule has 2 heteroatoms. The number of aliphatic hydroxyl groups is 1. The van der Waals surface area contributed by atoms with Crippen LogP contribution in [-0.2, 0) is 4.74 Å². The highest BCUT2D eigenvalue weighted by molar-refractivity contribution is 5.09. The molecule has 3 rings (SSSR count). The quantitative estimate of drug-likeness (QED) is 0.703. The normalized spacial score (nSPS) is 56.6. The molecule has 0 bridgehead atoms.